The normalized spacial score (nSPS) is 16.7. The summed E-state index contributed by atoms with van der Waals surface area (Å²) in [5.41, 5.74) is 2.62. The molecule has 4 aromatic rings. The van der Waals surface area contributed by atoms with Crippen molar-refractivity contribution < 1.29 is 40.5 Å². The summed E-state index contributed by atoms with van der Waals surface area (Å²) in [6, 6.07) is 16.0. The maximum absolute atomic E-state index is 11.0. The maximum Gasteiger partial charge on any atom is 0.157 e. The van der Waals surface area contributed by atoms with Crippen molar-refractivity contribution in [2.75, 3.05) is 0 Å². The van der Waals surface area contributed by atoms with E-state index in [-0.39, 0.29) is 40.2 Å². The largest absolute Gasteiger partial charge is 0.508 e. The van der Waals surface area contributed by atoms with E-state index in [1.807, 2.05) is 0 Å². The van der Waals surface area contributed by atoms with Crippen molar-refractivity contribution in [2.24, 2.45) is 0 Å². The van der Waals surface area contributed by atoms with Gasteiger partial charge in [0.25, 0.3) is 0 Å². The first kappa shape index (κ1) is 22.8. The van der Waals surface area contributed by atoms with Crippen LogP contribution in [0.5, 0.6) is 46.0 Å². The topological polar surface area (TPSA) is 151 Å². The monoisotopic (exact) mass is 486 g/mol. The van der Waals surface area contributed by atoms with Gasteiger partial charge in [0.05, 0.1) is 5.92 Å². The molecule has 0 spiro atoms. The Balaban J connectivity index is 1.59. The van der Waals surface area contributed by atoms with Gasteiger partial charge in [-0.3, -0.25) is 0 Å². The van der Waals surface area contributed by atoms with Gasteiger partial charge in [-0.2, -0.15) is 0 Å². The van der Waals surface area contributed by atoms with Gasteiger partial charge in [-0.15, -0.1) is 0 Å². The summed E-state index contributed by atoms with van der Waals surface area (Å²) in [6.07, 6.45) is 2.63. The lowest BCUT2D eigenvalue weighted by Crippen LogP contribution is -2.11. The molecule has 0 radical (unpaired) electrons. The molecule has 8 heteroatoms. The lowest BCUT2D eigenvalue weighted by atomic mass is 9.84. The predicted molar refractivity (Wildman–Crippen MR) is 132 cm³/mol. The van der Waals surface area contributed by atoms with E-state index in [0.29, 0.717) is 33.6 Å². The molecule has 0 aromatic heterocycles. The molecule has 0 fully saturated rings. The third-order valence-electron chi connectivity index (χ3n) is 6.09. The van der Waals surface area contributed by atoms with E-state index < -0.39 is 12.0 Å². The minimum Gasteiger partial charge on any atom is -0.508 e. The zero-order valence-corrected chi connectivity index (χ0v) is 18.7. The molecule has 1 aliphatic rings. The van der Waals surface area contributed by atoms with Crippen molar-refractivity contribution in [1.82, 2.24) is 0 Å². The summed E-state index contributed by atoms with van der Waals surface area (Å²) in [5.74, 6) is -1.84. The van der Waals surface area contributed by atoms with Gasteiger partial charge >= 0.3 is 0 Å². The molecule has 1 aliphatic heterocycles. The van der Waals surface area contributed by atoms with Crippen LogP contribution in [-0.2, 0) is 0 Å². The Morgan fingerprint density at radius 2 is 1.14 bits per heavy atom. The molecule has 36 heavy (non-hydrogen) atoms. The van der Waals surface area contributed by atoms with Gasteiger partial charge in [-0.1, -0.05) is 24.3 Å². The first-order valence-corrected chi connectivity index (χ1v) is 11.0. The summed E-state index contributed by atoms with van der Waals surface area (Å²) in [4.78, 5) is 0. The molecule has 4 aromatic carbocycles. The Hall–Kier alpha value is -4.98. The van der Waals surface area contributed by atoms with E-state index in [2.05, 4.69) is 0 Å². The van der Waals surface area contributed by atoms with Gasteiger partial charge < -0.3 is 40.5 Å². The van der Waals surface area contributed by atoms with Crippen LogP contribution in [0.1, 0.15) is 39.8 Å². The number of fused-ring (bicyclic) bond motifs is 1. The molecule has 2 atom stereocenters. The second kappa shape index (κ2) is 8.66. The van der Waals surface area contributed by atoms with E-state index >= 15 is 0 Å². The predicted octanol–water partition coefficient (Wildman–Crippen LogP) is 5.06. The number of ether oxygens (including phenoxy) is 1. The summed E-state index contributed by atoms with van der Waals surface area (Å²) in [7, 11) is 0. The molecule has 0 saturated heterocycles. The molecule has 0 amide bonds. The lowest BCUT2D eigenvalue weighted by Gasteiger charge is -2.21. The van der Waals surface area contributed by atoms with E-state index in [0.717, 1.165) is 0 Å². The summed E-state index contributed by atoms with van der Waals surface area (Å²) in [6.45, 7) is 0. The Bertz CT molecular complexity index is 1490. The highest BCUT2D eigenvalue weighted by atomic mass is 16.5. The maximum atomic E-state index is 11.0. The zero-order chi connectivity index (χ0) is 25.6. The fraction of sp³-hybridized carbons (Fsp3) is 0.0714. The summed E-state index contributed by atoms with van der Waals surface area (Å²) >= 11 is 0. The van der Waals surface area contributed by atoms with Crippen LogP contribution >= 0.6 is 0 Å². The standard InChI is InChI=1S/C28H22O8/c29-18-10-17(11-19(30)13-18)26-27-24(35)8-15(2-1-14-3-5-20(31)22(33)7-14)9-25(27)36-28(26)16-4-6-21(32)23(34)12-16/h1-13,26,28-35H/b2-1+/t26-,28+/m0/s1. The van der Waals surface area contributed by atoms with Crippen LogP contribution in [0.2, 0.25) is 0 Å². The SMILES string of the molecule is Oc1cc(O)cc([C@H]2c3c(O)cc(/C=C/c4ccc(O)c(O)c4)cc3O[C@@H]2c2ccc(O)c(O)c2)c1. The van der Waals surface area contributed by atoms with Crippen molar-refractivity contribution >= 4 is 12.2 Å². The quantitative estimate of drug-likeness (QED) is 0.156. The molecule has 182 valence electrons. The van der Waals surface area contributed by atoms with Crippen molar-refractivity contribution in [3.8, 4) is 46.0 Å². The van der Waals surface area contributed by atoms with Crippen LogP contribution in [-0.4, -0.2) is 35.7 Å². The van der Waals surface area contributed by atoms with Gasteiger partial charge in [0.1, 0.15) is 29.1 Å². The average Bonchev–Trinajstić information content (AvgIpc) is 3.21. The number of benzene rings is 4. The Kier molecular flexibility index (Phi) is 5.49. The lowest BCUT2D eigenvalue weighted by molar-refractivity contribution is 0.221. The van der Waals surface area contributed by atoms with Gasteiger partial charge in [-0.25, -0.2) is 0 Å². The van der Waals surface area contributed by atoms with Crippen molar-refractivity contribution in [1.29, 1.82) is 0 Å². The van der Waals surface area contributed by atoms with Gasteiger partial charge in [0, 0.05) is 11.6 Å². The van der Waals surface area contributed by atoms with Crippen LogP contribution in [0.15, 0.2) is 66.7 Å². The number of phenols is 7. The number of aromatic hydroxyl groups is 7. The van der Waals surface area contributed by atoms with Crippen molar-refractivity contribution in [2.45, 2.75) is 12.0 Å². The smallest absolute Gasteiger partial charge is 0.157 e. The molecule has 5 rings (SSSR count). The number of phenolic OH excluding ortho intramolecular Hbond substituents is 7. The number of hydrogen-bond acceptors (Lipinski definition) is 8. The average molecular weight is 486 g/mol. The highest BCUT2D eigenvalue weighted by molar-refractivity contribution is 5.73. The molecule has 8 nitrogen and oxygen atoms in total. The van der Waals surface area contributed by atoms with Crippen LogP contribution < -0.4 is 4.74 Å². The van der Waals surface area contributed by atoms with E-state index in [1.54, 1.807) is 30.4 Å². The van der Waals surface area contributed by atoms with Gasteiger partial charge in [0.15, 0.2) is 23.0 Å². The van der Waals surface area contributed by atoms with E-state index in [9.17, 15) is 35.7 Å². The molecular weight excluding hydrogens is 464 g/mol. The Morgan fingerprint density at radius 3 is 1.81 bits per heavy atom. The van der Waals surface area contributed by atoms with Crippen molar-refractivity contribution in [3.05, 3.63) is 94.5 Å². The molecule has 1 heterocycles. The molecule has 0 unspecified atom stereocenters. The van der Waals surface area contributed by atoms with Crippen molar-refractivity contribution in [3.63, 3.8) is 0 Å². The molecular formula is C28H22O8. The fourth-order valence-corrected chi connectivity index (χ4v) is 4.45. The number of rotatable bonds is 4. The fourth-order valence-electron chi connectivity index (χ4n) is 4.45. The molecule has 0 aliphatic carbocycles. The second-order valence-corrected chi connectivity index (χ2v) is 8.58. The first-order chi connectivity index (χ1) is 17.2. The van der Waals surface area contributed by atoms with Gasteiger partial charge in [0.2, 0.25) is 0 Å². The third kappa shape index (κ3) is 4.16. The summed E-state index contributed by atoms with van der Waals surface area (Å²) < 4.78 is 6.22. The van der Waals surface area contributed by atoms with Crippen LogP contribution in [0.25, 0.3) is 12.2 Å². The van der Waals surface area contributed by atoms with Crippen LogP contribution in [0, 0.1) is 0 Å². The zero-order valence-electron chi connectivity index (χ0n) is 18.7. The number of hydrogen-bond donors (Lipinski definition) is 7. The minimum absolute atomic E-state index is 0.0842. The van der Waals surface area contributed by atoms with E-state index in [1.165, 1.54) is 48.5 Å². The summed E-state index contributed by atoms with van der Waals surface area (Å²) in [5, 5.41) is 70.2. The Labute approximate surface area is 205 Å². The molecule has 7 N–H and O–H groups in total. The first-order valence-electron chi connectivity index (χ1n) is 11.0. The highest BCUT2D eigenvalue weighted by Gasteiger charge is 2.40. The van der Waals surface area contributed by atoms with Crippen LogP contribution in [0.4, 0.5) is 0 Å². The third-order valence-corrected chi connectivity index (χ3v) is 6.09. The van der Waals surface area contributed by atoms with E-state index in [4.69, 9.17) is 4.74 Å². The van der Waals surface area contributed by atoms with Crippen LogP contribution in [0.3, 0.4) is 0 Å². The second-order valence-electron chi connectivity index (χ2n) is 8.58. The minimum atomic E-state index is -0.758. The molecule has 0 bridgehead atoms. The Morgan fingerprint density at radius 1 is 0.528 bits per heavy atom. The van der Waals surface area contributed by atoms with Gasteiger partial charge in [-0.05, 0) is 70.8 Å². The molecule has 0 saturated carbocycles. The highest BCUT2D eigenvalue weighted by Crippen LogP contribution is 2.54.